The molecule has 0 aliphatic rings. The molecule has 2 aromatic rings. The first-order chi connectivity index (χ1) is 8.69. The molecule has 2 rings (SSSR count). The van der Waals surface area contributed by atoms with Crippen molar-refractivity contribution in [3.05, 3.63) is 53.3 Å². The summed E-state index contributed by atoms with van der Waals surface area (Å²) in [5.74, 6) is 0.523. The third kappa shape index (κ3) is 2.77. The minimum Gasteiger partial charge on any atom is -0.486 e. The van der Waals surface area contributed by atoms with Crippen LogP contribution in [0.1, 0.15) is 17.0 Å². The maximum atomic E-state index is 8.98. The smallest absolute Gasteiger partial charge is 0.137 e. The number of hydrogen-bond acceptors (Lipinski definition) is 4. The van der Waals surface area contributed by atoms with Crippen LogP contribution in [0.5, 0.6) is 5.75 Å². The molecule has 2 N–H and O–H groups in total. The number of aryl methyl sites for hydroxylation is 1. The van der Waals surface area contributed by atoms with E-state index in [4.69, 9.17) is 15.7 Å². The number of anilines is 1. The van der Waals surface area contributed by atoms with Crippen LogP contribution in [0.3, 0.4) is 0 Å². The lowest BCUT2D eigenvalue weighted by atomic mass is 10.2. The van der Waals surface area contributed by atoms with Crippen molar-refractivity contribution < 1.29 is 4.74 Å². The van der Waals surface area contributed by atoms with Crippen molar-refractivity contribution in [1.29, 1.82) is 5.26 Å². The second-order valence-electron chi connectivity index (χ2n) is 3.93. The predicted octanol–water partition coefficient (Wildman–Crippen LogP) is 2.42. The second-order valence-corrected chi connectivity index (χ2v) is 3.93. The van der Waals surface area contributed by atoms with Gasteiger partial charge >= 0.3 is 0 Å². The van der Waals surface area contributed by atoms with Gasteiger partial charge in [-0.3, -0.25) is 4.98 Å². The highest BCUT2D eigenvalue weighted by atomic mass is 16.5. The Morgan fingerprint density at radius 1 is 1.33 bits per heavy atom. The molecule has 0 saturated heterocycles. The van der Waals surface area contributed by atoms with Crippen molar-refractivity contribution in [2.45, 2.75) is 13.5 Å². The van der Waals surface area contributed by atoms with Gasteiger partial charge in [0.15, 0.2) is 0 Å². The first kappa shape index (κ1) is 11.9. The van der Waals surface area contributed by atoms with Crippen molar-refractivity contribution in [3.8, 4) is 11.8 Å². The molecule has 1 heterocycles. The number of nitrogen functional groups attached to an aromatic ring is 1. The molecular weight excluding hydrogens is 226 g/mol. The average molecular weight is 239 g/mol. The zero-order valence-electron chi connectivity index (χ0n) is 10.1. The van der Waals surface area contributed by atoms with E-state index in [1.54, 1.807) is 18.2 Å². The van der Waals surface area contributed by atoms with E-state index in [0.717, 1.165) is 11.4 Å². The highest BCUT2D eigenvalue weighted by Crippen LogP contribution is 2.21. The van der Waals surface area contributed by atoms with Crippen molar-refractivity contribution in [3.63, 3.8) is 0 Å². The van der Waals surface area contributed by atoms with Crippen LogP contribution in [0.25, 0.3) is 0 Å². The Morgan fingerprint density at radius 2 is 2.17 bits per heavy atom. The molecule has 0 radical (unpaired) electrons. The summed E-state index contributed by atoms with van der Waals surface area (Å²) in [6.07, 6.45) is 0. The van der Waals surface area contributed by atoms with Gasteiger partial charge in [0.2, 0.25) is 0 Å². The fourth-order valence-corrected chi connectivity index (χ4v) is 1.59. The van der Waals surface area contributed by atoms with Gasteiger partial charge in [-0.05, 0) is 37.3 Å². The van der Waals surface area contributed by atoms with Crippen LogP contribution >= 0.6 is 0 Å². The zero-order chi connectivity index (χ0) is 13.0. The summed E-state index contributed by atoms with van der Waals surface area (Å²) in [5.41, 5.74) is 8.36. The van der Waals surface area contributed by atoms with Crippen molar-refractivity contribution in [2.75, 3.05) is 5.73 Å². The number of nitrogens with zero attached hydrogens (tertiary/aromatic N) is 2. The van der Waals surface area contributed by atoms with Crippen molar-refractivity contribution >= 4 is 5.69 Å². The van der Waals surface area contributed by atoms with Crippen molar-refractivity contribution in [2.24, 2.45) is 0 Å². The quantitative estimate of drug-likeness (QED) is 0.835. The summed E-state index contributed by atoms with van der Waals surface area (Å²) in [6.45, 7) is 2.26. The molecule has 0 aliphatic carbocycles. The third-order valence-corrected chi connectivity index (χ3v) is 2.45. The summed E-state index contributed by atoms with van der Waals surface area (Å²) in [6, 6.07) is 12.8. The summed E-state index contributed by atoms with van der Waals surface area (Å²) in [7, 11) is 0. The Balaban J connectivity index is 2.14. The maximum Gasteiger partial charge on any atom is 0.137 e. The summed E-state index contributed by atoms with van der Waals surface area (Å²) in [5, 5.41) is 8.98. The standard InChI is InChI=1S/C14H13N3O/c1-10-3-2-4-13(17-10)9-18-14-6-5-12(16)7-11(14)8-15/h2-7H,9,16H2,1H3. The van der Waals surface area contributed by atoms with Crippen molar-refractivity contribution in [1.82, 2.24) is 4.98 Å². The van der Waals surface area contributed by atoms with Crippen LogP contribution in [0.4, 0.5) is 5.69 Å². The molecule has 18 heavy (non-hydrogen) atoms. The van der Waals surface area contributed by atoms with Gasteiger partial charge in [-0.15, -0.1) is 0 Å². The highest BCUT2D eigenvalue weighted by Gasteiger charge is 2.04. The van der Waals surface area contributed by atoms with E-state index in [2.05, 4.69) is 11.1 Å². The first-order valence-electron chi connectivity index (χ1n) is 5.54. The van der Waals surface area contributed by atoms with Crippen LogP contribution < -0.4 is 10.5 Å². The number of pyridine rings is 1. The van der Waals surface area contributed by atoms with E-state index >= 15 is 0 Å². The molecule has 0 spiro atoms. The lowest BCUT2D eigenvalue weighted by Gasteiger charge is -2.08. The Labute approximate surface area is 106 Å². The van der Waals surface area contributed by atoms with E-state index < -0.39 is 0 Å². The van der Waals surface area contributed by atoms with Gasteiger partial charge in [-0.1, -0.05) is 6.07 Å². The first-order valence-corrected chi connectivity index (χ1v) is 5.54. The fraction of sp³-hybridized carbons (Fsp3) is 0.143. The molecule has 0 atom stereocenters. The molecule has 0 unspecified atom stereocenters. The minimum atomic E-state index is 0.334. The molecular formula is C14H13N3O. The zero-order valence-corrected chi connectivity index (χ0v) is 10.1. The number of ether oxygens (including phenoxy) is 1. The highest BCUT2D eigenvalue weighted by molar-refractivity contribution is 5.53. The monoisotopic (exact) mass is 239 g/mol. The number of nitrogens with two attached hydrogens (primary N) is 1. The number of hydrogen-bond donors (Lipinski definition) is 1. The topological polar surface area (TPSA) is 71.9 Å². The van der Waals surface area contributed by atoms with E-state index in [1.165, 1.54) is 0 Å². The SMILES string of the molecule is Cc1cccc(COc2ccc(N)cc2C#N)n1. The lowest BCUT2D eigenvalue weighted by molar-refractivity contribution is 0.300. The van der Waals surface area contributed by atoms with Crippen LogP contribution in [-0.2, 0) is 6.61 Å². The van der Waals surface area contributed by atoms with E-state index in [9.17, 15) is 0 Å². The molecule has 4 heteroatoms. The van der Waals surface area contributed by atoms with Gasteiger partial charge in [0, 0.05) is 11.4 Å². The summed E-state index contributed by atoms with van der Waals surface area (Å²) < 4.78 is 5.58. The molecule has 0 aliphatic heterocycles. The lowest BCUT2D eigenvalue weighted by Crippen LogP contribution is -2.00. The third-order valence-electron chi connectivity index (χ3n) is 2.45. The summed E-state index contributed by atoms with van der Waals surface area (Å²) >= 11 is 0. The van der Waals surface area contributed by atoms with E-state index in [1.807, 2.05) is 25.1 Å². The average Bonchev–Trinajstić information content (AvgIpc) is 2.37. The Hall–Kier alpha value is -2.54. The molecule has 0 fully saturated rings. The minimum absolute atomic E-state index is 0.334. The van der Waals surface area contributed by atoms with Gasteiger partial charge in [-0.2, -0.15) is 5.26 Å². The molecule has 0 amide bonds. The van der Waals surface area contributed by atoms with E-state index in [-0.39, 0.29) is 0 Å². The Bertz CT molecular complexity index is 602. The van der Waals surface area contributed by atoms with Gasteiger partial charge < -0.3 is 10.5 Å². The van der Waals surface area contributed by atoms with Crippen LogP contribution in [0, 0.1) is 18.3 Å². The Kier molecular flexibility index (Phi) is 3.44. The Morgan fingerprint density at radius 3 is 2.89 bits per heavy atom. The van der Waals surface area contributed by atoms with Gasteiger partial charge in [0.05, 0.1) is 11.3 Å². The predicted molar refractivity (Wildman–Crippen MR) is 68.9 cm³/mol. The fourth-order valence-electron chi connectivity index (χ4n) is 1.59. The van der Waals surface area contributed by atoms with Gasteiger partial charge in [-0.25, -0.2) is 0 Å². The number of aromatic nitrogens is 1. The normalized spacial score (nSPS) is 9.78. The van der Waals surface area contributed by atoms with Gasteiger partial charge in [0.25, 0.3) is 0 Å². The number of nitriles is 1. The van der Waals surface area contributed by atoms with E-state index in [0.29, 0.717) is 23.6 Å². The number of rotatable bonds is 3. The number of benzene rings is 1. The molecule has 1 aromatic carbocycles. The second kappa shape index (κ2) is 5.19. The largest absolute Gasteiger partial charge is 0.486 e. The molecule has 0 bridgehead atoms. The van der Waals surface area contributed by atoms with Crippen LogP contribution in [-0.4, -0.2) is 4.98 Å². The van der Waals surface area contributed by atoms with Crippen LogP contribution in [0.15, 0.2) is 36.4 Å². The van der Waals surface area contributed by atoms with Crippen LogP contribution in [0.2, 0.25) is 0 Å². The summed E-state index contributed by atoms with van der Waals surface area (Å²) in [4.78, 5) is 4.33. The molecule has 1 aromatic heterocycles. The maximum absolute atomic E-state index is 8.98. The van der Waals surface area contributed by atoms with Gasteiger partial charge in [0.1, 0.15) is 18.4 Å². The molecule has 90 valence electrons. The molecule has 0 saturated carbocycles. The molecule has 4 nitrogen and oxygen atoms in total.